The predicted molar refractivity (Wildman–Crippen MR) is 142 cm³/mol. The number of nitrogens with one attached hydrogen (secondary N) is 2. The highest BCUT2D eigenvalue weighted by Crippen LogP contribution is 2.24. The number of carbonyl (C=O) groups excluding carboxylic acids is 1. The van der Waals surface area contributed by atoms with Crippen LogP contribution in [-0.4, -0.2) is 55.9 Å². The normalized spacial score (nSPS) is 12.1. The number of unbranched alkanes of at least 4 members (excludes halogenated alkanes) is 1. The van der Waals surface area contributed by atoms with Gasteiger partial charge in [0, 0.05) is 68.0 Å². The molecule has 0 aromatic heterocycles. The van der Waals surface area contributed by atoms with Crippen molar-refractivity contribution in [3.8, 4) is 12.3 Å². The number of carbonyl (C=O) groups is 1. The molecule has 5 heteroatoms. The number of hydrogen-bond donors (Lipinski definition) is 2. The molecule has 0 radical (unpaired) electrons. The molecule has 0 spiro atoms. The molecule has 5 nitrogen and oxygen atoms in total. The van der Waals surface area contributed by atoms with Gasteiger partial charge in [-0.15, -0.1) is 13.0 Å². The summed E-state index contributed by atoms with van der Waals surface area (Å²) in [5.74, 6) is 2.68. The Kier molecular flexibility index (Phi) is 13.4. The van der Waals surface area contributed by atoms with Gasteiger partial charge in [0.25, 0.3) is 0 Å². The molecule has 1 aromatic rings. The van der Waals surface area contributed by atoms with Crippen LogP contribution in [0.1, 0.15) is 55.5 Å². The number of hydrogen-bond acceptors (Lipinski definition) is 5. The van der Waals surface area contributed by atoms with Gasteiger partial charge in [-0.2, -0.15) is 0 Å². The van der Waals surface area contributed by atoms with Crippen molar-refractivity contribution >= 4 is 12.0 Å². The molecule has 0 bridgehead atoms. The highest BCUT2D eigenvalue weighted by Gasteiger charge is 2.19. The largest absolute Gasteiger partial charge is 0.391 e. The van der Waals surface area contributed by atoms with Crippen LogP contribution in [0.15, 0.2) is 54.9 Å². The molecule has 0 heterocycles. The Bertz CT molecular complexity index is 837. The minimum absolute atomic E-state index is 0.153. The van der Waals surface area contributed by atoms with Gasteiger partial charge in [0.15, 0.2) is 0 Å². The van der Waals surface area contributed by atoms with Gasteiger partial charge >= 0.3 is 0 Å². The Morgan fingerprint density at radius 2 is 2.09 bits per heavy atom. The Labute approximate surface area is 201 Å². The molecular weight excluding hydrogens is 408 g/mol. The summed E-state index contributed by atoms with van der Waals surface area (Å²) in [7, 11) is 3.97. The zero-order valence-corrected chi connectivity index (χ0v) is 21.0. The first kappa shape index (κ1) is 28.1. The fourth-order valence-corrected chi connectivity index (χ4v) is 3.81. The lowest BCUT2D eigenvalue weighted by molar-refractivity contribution is 0.112. The minimum atomic E-state index is 0.153. The molecule has 33 heavy (non-hydrogen) atoms. The molecule has 1 unspecified atom stereocenters. The van der Waals surface area contributed by atoms with Crippen molar-refractivity contribution in [2.45, 2.75) is 52.1 Å². The number of rotatable bonds is 17. The summed E-state index contributed by atoms with van der Waals surface area (Å²) >= 11 is 0. The first-order valence-electron chi connectivity index (χ1n) is 11.8. The number of anilines is 1. The Balaban J connectivity index is 2.82. The van der Waals surface area contributed by atoms with Gasteiger partial charge in [-0.25, -0.2) is 0 Å². The van der Waals surface area contributed by atoms with Crippen LogP contribution in [0.2, 0.25) is 0 Å². The van der Waals surface area contributed by atoms with Crippen LogP contribution in [0.3, 0.4) is 0 Å². The van der Waals surface area contributed by atoms with Crippen molar-refractivity contribution in [2.24, 2.45) is 0 Å². The van der Waals surface area contributed by atoms with Crippen LogP contribution in [0, 0.1) is 12.3 Å². The Hall–Kier alpha value is -2.97. The standard InChI is InChI=1S/C28H42N4O/c1-8-11-17-28(24(5)29-6)31(7)21-26-25(22-33)15-14-16-27(26)30-18-12-13-19-32(10-3)20-23(4)9-2/h2,8,14-16,20,22,28-30H,1,5,10-13,17-19,21H2,3-4,6-7H3/b23-20+. The third-order valence-corrected chi connectivity index (χ3v) is 5.84. The molecule has 0 amide bonds. The Morgan fingerprint density at radius 3 is 2.70 bits per heavy atom. The molecule has 0 saturated heterocycles. The predicted octanol–water partition coefficient (Wildman–Crippen LogP) is 5.05. The third-order valence-electron chi connectivity index (χ3n) is 5.84. The summed E-state index contributed by atoms with van der Waals surface area (Å²) in [5, 5.41) is 6.74. The van der Waals surface area contributed by atoms with Crippen LogP contribution >= 0.6 is 0 Å². The molecular formula is C28H42N4O. The number of benzene rings is 1. The van der Waals surface area contributed by atoms with Crippen LogP contribution < -0.4 is 10.6 Å². The summed E-state index contributed by atoms with van der Waals surface area (Å²) in [4.78, 5) is 16.3. The van der Waals surface area contributed by atoms with Crippen LogP contribution in [0.4, 0.5) is 5.69 Å². The highest BCUT2D eigenvalue weighted by atomic mass is 16.1. The molecule has 0 saturated carbocycles. The van der Waals surface area contributed by atoms with E-state index in [0.29, 0.717) is 6.54 Å². The topological polar surface area (TPSA) is 47.6 Å². The minimum Gasteiger partial charge on any atom is -0.391 e. The van der Waals surface area contributed by atoms with E-state index in [2.05, 4.69) is 65.7 Å². The summed E-state index contributed by atoms with van der Waals surface area (Å²) in [6.07, 6.45) is 14.3. The van der Waals surface area contributed by atoms with E-state index in [1.54, 1.807) is 0 Å². The van der Waals surface area contributed by atoms with Crippen molar-refractivity contribution < 1.29 is 4.79 Å². The van der Waals surface area contributed by atoms with Crippen LogP contribution in [0.5, 0.6) is 0 Å². The molecule has 1 atom stereocenters. The highest BCUT2D eigenvalue weighted by molar-refractivity contribution is 5.80. The third kappa shape index (κ3) is 9.59. The fraction of sp³-hybridized carbons (Fsp3) is 0.464. The summed E-state index contributed by atoms with van der Waals surface area (Å²) < 4.78 is 0. The second-order valence-electron chi connectivity index (χ2n) is 8.28. The first-order chi connectivity index (χ1) is 15.9. The lowest BCUT2D eigenvalue weighted by Gasteiger charge is -2.30. The van der Waals surface area contributed by atoms with Crippen molar-refractivity contribution in [3.05, 3.63) is 66.0 Å². The van der Waals surface area contributed by atoms with Gasteiger partial charge in [0.05, 0.1) is 0 Å². The van der Waals surface area contributed by atoms with Crippen molar-refractivity contribution in [2.75, 3.05) is 39.0 Å². The smallest absolute Gasteiger partial charge is 0.150 e. The van der Waals surface area contributed by atoms with E-state index in [-0.39, 0.29) is 6.04 Å². The second kappa shape index (κ2) is 15.8. The van der Waals surface area contributed by atoms with Crippen molar-refractivity contribution in [1.82, 2.24) is 15.1 Å². The fourth-order valence-electron chi connectivity index (χ4n) is 3.81. The number of terminal acetylenes is 1. The van der Waals surface area contributed by atoms with Gasteiger partial charge < -0.3 is 15.5 Å². The summed E-state index contributed by atoms with van der Waals surface area (Å²) in [6, 6.07) is 6.02. The maximum absolute atomic E-state index is 11.8. The SMILES string of the molecule is C#C/C(C)=C/N(CC)CCCCNc1cccc(C=O)c1CN(C)C(CCC=C)C(=C)NC. The van der Waals surface area contributed by atoms with Gasteiger partial charge in [-0.3, -0.25) is 9.69 Å². The van der Waals surface area contributed by atoms with E-state index in [1.807, 2.05) is 32.2 Å². The number of allylic oxidation sites excluding steroid dienone is 2. The lowest BCUT2D eigenvalue weighted by Crippen LogP contribution is -2.36. The van der Waals surface area contributed by atoms with Gasteiger partial charge in [0.1, 0.15) is 6.29 Å². The van der Waals surface area contributed by atoms with E-state index >= 15 is 0 Å². The van der Waals surface area contributed by atoms with Crippen LogP contribution in [-0.2, 0) is 6.54 Å². The van der Waals surface area contributed by atoms with Gasteiger partial charge in [0.2, 0.25) is 0 Å². The van der Waals surface area contributed by atoms with E-state index in [4.69, 9.17) is 6.42 Å². The second-order valence-corrected chi connectivity index (χ2v) is 8.28. The number of likely N-dealkylation sites (N-methyl/N-ethyl adjacent to an activating group) is 2. The number of aldehydes is 1. The van der Waals surface area contributed by atoms with E-state index in [0.717, 1.165) is 79.7 Å². The zero-order valence-electron chi connectivity index (χ0n) is 21.0. The number of nitrogens with zero attached hydrogens (tertiary/aromatic N) is 2. The first-order valence-corrected chi connectivity index (χ1v) is 11.8. The van der Waals surface area contributed by atoms with E-state index in [9.17, 15) is 4.79 Å². The maximum atomic E-state index is 11.8. The van der Waals surface area contributed by atoms with Crippen molar-refractivity contribution in [1.29, 1.82) is 0 Å². The van der Waals surface area contributed by atoms with E-state index in [1.165, 1.54) is 0 Å². The van der Waals surface area contributed by atoms with Crippen LogP contribution in [0.25, 0.3) is 0 Å². The average Bonchev–Trinajstić information content (AvgIpc) is 2.83. The van der Waals surface area contributed by atoms with Gasteiger partial charge in [-0.05, 0) is 58.2 Å². The molecule has 0 fully saturated rings. The molecule has 180 valence electrons. The summed E-state index contributed by atoms with van der Waals surface area (Å²) in [5.41, 5.74) is 4.66. The Morgan fingerprint density at radius 1 is 1.33 bits per heavy atom. The van der Waals surface area contributed by atoms with Crippen molar-refractivity contribution in [3.63, 3.8) is 0 Å². The molecule has 1 rings (SSSR count). The van der Waals surface area contributed by atoms with Gasteiger partial charge in [-0.1, -0.05) is 30.7 Å². The molecule has 1 aromatic carbocycles. The maximum Gasteiger partial charge on any atom is 0.150 e. The molecule has 2 N–H and O–H groups in total. The molecule has 0 aliphatic carbocycles. The quantitative estimate of drug-likeness (QED) is 0.151. The lowest BCUT2D eigenvalue weighted by atomic mass is 10.0. The molecule has 0 aliphatic heterocycles. The molecule has 0 aliphatic rings. The van der Waals surface area contributed by atoms with E-state index < -0.39 is 0 Å². The monoisotopic (exact) mass is 450 g/mol. The summed E-state index contributed by atoms with van der Waals surface area (Å²) in [6.45, 7) is 15.5. The average molecular weight is 451 g/mol. The zero-order chi connectivity index (χ0) is 24.6.